The molecule has 1 aromatic carbocycles. The minimum absolute atomic E-state index is 0. The van der Waals surface area contributed by atoms with Crippen LogP contribution >= 0.6 is 12.4 Å². The number of H-pyrrole nitrogens is 1. The maximum Gasteiger partial charge on any atom is 0.0919 e. The van der Waals surface area contributed by atoms with Crippen LogP contribution in [0.5, 0.6) is 0 Å². The van der Waals surface area contributed by atoms with E-state index in [4.69, 9.17) is 0 Å². The van der Waals surface area contributed by atoms with E-state index >= 15 is 0 Å². The Hall–Kier alpha value is -1.36. The molecule has 1 heterocycles. The fourth-order valence-corrected chi connectivity index (χ4v) is 0.600. The summed E-state index contributed by atoms with van der Waals surface area (Å²) in [7, 11) is 0. The summed E-state index contributed by atoms with van der Waals surface area (Å²) in [5.74, 6) is 0. The van der Waals surface area contributed by atoms with E-state index in [1.165, 1.54) is 0 Å². The third-order valence-electron chi connectivity index (χ3n) is 1.07. The number of hydrogen-bond acceptors (Lipinski definition) is 1. The summed E-state index contributed by atoms with van der Waals surface area (Å²) in [6, 6.07) is 12.0. The van der Waals surface area contributed by atoms with Gasteiger partial charge in [-0.15, -0.1) is 12.4 Å². The summed E-state index contributed by atoms with van der Waals surface area (Å²) < 4.78 is 0. The van der Waals surface area contributed by atoms with E-state index in [1.54, 1.807) is 18.7 Å². The van der Waals surface area contributed by atoms with Crippen molar-refractivity contribution in [3.8, 4) is 0 Å². The molecule has 0 aliphatic carbocycles. The molecule has 0 radical (unpaired) electrons. The maximum absolute atomic E-state index is 3.67. The zero-order valence-electron chi connectivity index (χ0n) is 7.55. The monoisotopic (exact) mass is 218 g/mol. The van der Waals surface area contributed by atoms with Crippen molar-refractivity contribution in [1.82, 2.24) is 9.97 Å². The highest BCUT2D eigenvalue weighted by atomic mass is 35.5. The smallest absolute Gasteiger partial charge is 0.0919 e. The van der Waals surface area contributed by atoms with Gasteiger partial charge in [0.2, 0.25) is 0 Å². The van der Waals surface area contributed by atoms with E-state index in [9.17, 15) is 0 Å². The predicted molar refractivity (Wildman–Crippen MR) is 59.5 cm³/mol. The summed E-state index contributed by atoms with van der Waals surface area (Å²) in [6.45, 7) is 0. The van der Waals surface area contributed by atoms with Gasteiger partial charge in [0.1, 0.15) is 0 Å². The fraction of sp³-hybridized carbons (Fsp3) is 0. The third-order valence-corrected chi connectivity index (χ3v) is 1.07. The van der Waals surface area contributed by atoms with Crippen LogP contribution in [0.1, 0.15) is 0 Å². The molecule has 0 aliphatic heterocycles. The molecule has 4 nitrogen and oxygen atoms in total. The molecule has 0 spiro atoms. The van der Waals surface area contributed by atoms with E-state index in [-0.39, 0.29) is 23.4 Å². The summed E-state index contributed by atoms with van der Waals surface area (Å²) in [5, 5.41) is 0. The number of nitrogens with zero attached hydrogens (tertiary/aromatic N) is 1. The van der Waals surface area contributed by atoms with Gasteiger partial charge in [-0.05, 0) is 0 Å². The molecule has 2 aromatic rings. The van der Waals surface area contributed by atoms with Crippen molar-refractivity contribution >= 4 is 12.4 Å². The largest absolute Gasteiger partial charge is 0.412 e. The fourth-order valence-electron chi connectivity index (χ4n) is 0.600. The van der Waals surface area contributed by atoms with Crippen molar-refractivity contribution in [2.75, 3.05) is 0 Å². The number of nitrogens with one attached hydrogen (secondary N) is 1. The first-order chi connectivity index (χ1) is 5.50. The predicted octanol–water partition coefficient (Wildman–Crippen LogP) is 0.869. The van der Waals surface area contributed by atoms with Gasteiger partial charge in [0.25, 0.3) is 0 Å². The summed E-state index contributed by atoms with van der Waals surface area (Å²) in [5.41, 5.74) is 0. The van der Waals surface area contributed by atoms with Crippen molar-refractivity contribution < 1.29 is 11.0 Å². The molecule has 0 aliphatic rings. The molecule has 14 heavy (non-hydrogen) atoms. The Morgan fingerprint density at radius 3 is 1.36 bits per heavy atom. The molecular weight excluding hydrogens is 204 g/mol. The first-order valence-corrected chi connectivity index (χ1v) is 3.43. The van der Waals surface area contributed by atoms with Crippen molar-refractivity contribution in [3.63, 3.8) is 0 Å². The Bertz CT molecular complexity index is 207. The Kier molecular flexibility index (Phi) is 18.7. The highest BCUT2D eigenvalue weighted by Gasteiger charge is 1.58. The zero-order valence-corrected chi connectivity index (χ0v) is 8.37. The van der Waals surface area contributed by atoms with Gasteiger partial charge in [0.05, 0.1) is 6.33 Å². The van der Waals surface area contributed by atoms with Crippen LogP contribution in [-0.4, -0.2) is 20.9 Å². The van der Waals surface area contributed by atoms with Crippen LogP contribution in [0.4, 0.5) is 0 Å². The first-order valence-electron chi connectivity index (χ1n) is 3.43. The Morgan fingerprint density at radius 2 is 1.21 bits per heavy atom. The van der Waals surface area contributed by atoms with Gasteiger partial charge >= 0.3 is 0 Å². The molecule has 0 saturated carbocycles. The first kappa shape index (κ1) is 18.4. The lowest BCUT2D eigenvalue weighted by atomic mass is 10.4. The lowest BCUT2D eigenvalue weighted by Crippen LogP contribution is -1.47. The van der Waals surface area contributed by atoms with E-state index in [0.717, 1.165) is 0 Å². The van der Waals surface area contributed by atoms with Crippen LogP contribution in [0.3, 0.4) is 0 Å². The Balaban J connectivity index is -0.000000144. The van der Waals surface area contributed by atoms with E-state index in [2.05, 4.69) is 9.97 Å². The maximum atomic E-state index is 3.67. The normalized spacial score (nSPS) is 6.29. The van der Waals surface area contributed by atoms with Gasteiger partial charge in [0.15, 0.2) is 0 Å². The highest BCUT2D eigenvalue weighted by Crippen LogP contribution is 1.79. The molecular formula is C9H15ClN2O2. The van der Waals surface area contributed by atoms with Gasteiger partial charge in [-0.3, -0.25) is 0 Å². The Labute approximate surface area is 89.0 Å². The van der Waals surface area contributed by atoms with Gasteiger partial charge in [-0.1, -0.05) is 36.4 Å². The molecule has 5 N–H and O–H groups in total. The molecule has 0 atom stereocenters. The molecule has 0 amide bonds. The van der Waals surface area contributed by atoms with Gasteiger partial charge in [-0.25, -0.2) is 4.98 Å². The number of aromatic amines is 1. The van der Waals surface area contributed by atoms with Crippen LogP contribution in [0.2, 0.25) is 0 Å². The second-order valence-electron chi connectivity index (χ2n) is 1.92. The molecule has 80 valence electrons. The summed E-state index contributed by atoms with van der Waals surface area (Å²) in [6.07, 6.45) is 5.08. The van der Waals surface area contributed by atoms with Crippen LogP contribution < -0.4 is 0 Å². The standard InChI is InChI=1S/C6H6.C3H4N2.ClH.2H2O/c1-2-4-6-5-3-1;1-2-5-3-4-1;;;/h1-6H;1-3H,(H,4,5);1H;2*1H2. The summed E-state index contributed by atoms with van der Waals surface area (Å²) in [4.78, 5) is 6.42. The third kappa shape index (κ3) is 10.6. The molecule has 0 fully saturated rings. The number of rotatable bonds is 0. The molecule has 0 saturated heterocycles. The minimum Gasteiger partial charge on any atom is -0.412 e. The van der Waals surface area contributed by atoms with Crippen molar-refractivity contribution in [2.24, 2.45) is 0 Å². The average molecular weight is 219 g/mol. The lowest BCUT2D eigenvalue weighted by Gasteiger charge is -1.69. The van der Waals surface area contributed by atoms with Crippen LogP contribution in [0.15, 0.2) is 55.1 Å². The van der Waals surface area contributed by atoms with E-state index < -0.39 is 0 Å². The number of benzene rings is 1. The SMILES string of the molecule is Cl.O.O.c1c[nH]cn1.c1ccccc1. The van der Waals surface area contributed by atoms with Crippen molar-refractivity contribution in [2.45, 2.75) is 0 Å². The van der Waals surface area contributed by atoms with E-state index in [1.807, 2.05) is 36.4 Å². The number of aromatic nitrogens is 2. The van der Waals surface area contributed by atoms with Crippen molar-refractivity contribution in [3.05, 3.63) is 55.1 Å². The topological polar surface area (TPSA) is 91.7 Å². The second-order valence-corrected chi connectivity index (χ2v) is 1.92. The van der Waals surface area contributed by atoms with Gasteiger partial charge in [0, 0.05) is 12.4 Å². The number of halogens is 1. The molecule has 5 heteroatoms. The zero-order chi connectivity index (χ0) is 7.78. The van der Waals surface area contributed by atoms with Gasteiger partial charge in [-0.2, -0.15) is 0 Å². The highest BCUT2D eigenvalue weighted by molar-refractivity contribution is 5.85. The number of imidazole rings is 1. The van der Waals surface area contributed by atoms with Crippen LogP contribution in [0.25, 0.3) is 0 Å². The average Bonchev–Trinajstić information content (AvgIpc) is 2.64. The molecule has 0 bridgehead atoms. The van der Waals surface area contributed by atoms with Crippen molar-refractivity contribution in [1.29, 1.82) is 0 Å². The minimum atomic E-state index is 0. The molecule has 0 unspecified atom stereocenters. The van der Waals surface area contributed by atoms with Gasteiger partial charge < -0.3 is 15.9 Å². The van der Waals surface area contributed by atoms with E-state index in [0.29, 0.717) is 0 Å². The second kappa shape index (κ2) is 14.2. The quantitative estimate of drug-likeness (QED) is 0.698. The number of hydrogen-bond donors (Lipinski definition) is 1. The summed E-state index contributed by atoms with van der Waals surface area (Å²) >= 11 is 0. The Morgan fingerprint density at radius 1 is 0.786 bits per heavy atom. The van der Waals surface area contributed by atoms with Crippen LogP contribution in [0, 0.1) is 0 Å². The lowest BCUT2D eigenvalue weighted by molar-refractivity contribution is 0.823. The van der Waals surface area contributed by atoms with Crippen LogP contribution in [-0.2, 0) is 0 Å². The molecule has 1 aromatic heterocycles. The molecule has 2 rings (SSSR count).